The molecule has 6 nitrogen and oxygen atoms in total. The van der Waals surface area contributed by atoms with E-state index in [-0.39, 0.29) is 5.91 Å². The van der Waals surface area contributed by atoms with Crippen molar-refractivity contribution in [1.29, 1.82) is 0 Å². The van der Waals surface area contributed by atoms with Crippen LogP contribution in [0.4, 0.5) is 11.6 Å². The van der Waals surface area contributed by atoms with Gasteiger partial charge in [-0.05, 0) is 24.3 Å². The summed E-state index contributed by atoms with van der Waals surface area (Å²) in [4.78, 5) is 24.8. The van der Waals surface area contributed by atoms with E-state index in [4.69, 9.17) is 23.2 Å². The fourth-order valence-electron chi connectivity index (χ4n) is 2.74. The van der Waals surface area contributed by atoms with E-state index >= 15 is 0 Å². The number of hydrogen-bond donors (Lipinski definition) is 1. The maximum atomic E-state index is 12.3. The molecule has 0 radical (unpaired) electrons. The zero-order valence-corrected chi connectivity index (χ0v) is 15.2. The third-order valence-corrected chi connectivity index (χ3v) is 4.43. The second kappa shape index (κ2) is 8.36. The summed E-state index contributed by atoms with van der Waals surface area (Å²) in [6.07, 6.45) is 3.88. The lowest BCUT2D eigenvalue weighted by molar-refractivity contribution is -0.131. The predicted molar refractivity (Wildman–Crippen MR) is 100 cm³/mol. The van der Waals surface area contributed by atoms with Crippen LogP contribution in [-0.4, -0.2) is 53.5 Å². The van der Waals surface area contributed by atoms with Crippen LogP contribution in [0.1, 0.15) is 6.42 Å². The summed E-state index contributed by atoms with van der Waals surface area (Å²) in [5.74, 6) is 0.850. The molecule has 0 atom stereocenters. The van der Waals surface area contributed by atoms with Crippen molar-refractivity contribution in [3.63, 3.8) is 0 Å². The molecule has 0 unspecified atom stereocenters. The van der Waals surface area contributed by atoms with Crippen molar-refractivity contribution in [2.75, 3.05) is 42.9 Å². The zero-order valence-electron chi connectivity index (χ0n) is 13.7. The second-order valence-electron chi connectivity index (χ2n) is 5.75. The van der Waals surface area contributed by atoms with Crippen molar-refractivity contribution in [1.82, 2.24) is 14.9 Å². The van der Waals surface area contributed by atoms with Gasteiger partial charge in [0.05, 0.1) is 0 Å². The molecular weight excluding hydrogens is 361 g/mol. The molecule has 2 heterocycles. The Morgan fingerprint density at radius 1 is 1.04 bits per heavy atom. The average molecular weight is 380 g/mol. The molecule has 2 aromatic rings. The predicted octanol–water partition coefficient (Wildman–Crippen LogP) is 2.93. The number of anilines is 2. The lowest BCUT2D eigenvalue weighted by atomic mass is 10.2. The maximum Gasteiger partial charge on any atom is 0.225 e. The van der Waals surface area contributed by atoms with E-state index in [2.05, 4.69) is 20.2 Å². The number of piperazine rings is 1. The summed E-state index contributed by atoms with van der Waals surface area (Å²) in [5.41, 5.74) is 0.816. The van der Waals surface area contributed by atoms with Crippen molar-refractivity contribution in [2.24, 2.45) is 0 Å². The minimum atomic E-state index is 0.134. The first-order chi connectivity index (χ1) is 12.1. The first-order valence-corrected chi connectivity index (χ1v) is 8.87. The number of benzene rings is 1. The van der Waals surface area contributed by atoms with Gasteiger partial charge in [-0.3, -0.25) is 4.79 Å². The minimum absolute atomic E-state index is 0.134. The van der Waals surface area contributed by atoms with Gasteiger partial charge in [-0.1, -0.05) is 23.2 Å². The number of carbonyl (C=O) groups is 1. The standard InChI is InChI=1S/C17H19Cl2N5O/c18-13-10-14(19)12-15(11-13)20-5-2-16(25)23-6-8-24(9-7-23)17-21-3-1-4-22-17/h1,3-4,10-12,20H,2,5-9H2. The molecule has 1 aromatic carbocycles. The SMILES string of the molecule is O=C(CCNc1cc(Cl)cc(Cl)c1)N1CCN(c2ncccn2)CC1. The molecule has 1 amide bonds. The van der Waals surface area contributed by atoms with Crippen LogP contribution in [0.2, 0.25) is 10.0 Å². The van der Waals surface area contributed by atoms with Crippen molar-refractivity contribution in [3.8, 4) is 0 Å². The molecule has 0 aliphatic carbocycles. The Morgan fingerprint density at radius 3 is 2.32 bits per heavy atom. The molecule has 1 saturated heterocycles. The minimum Gasteiger partial charge on any atom is -0.384 e. The zero-order chi connectivity index (χ0) is 17.6. The number of aromatic nitrogens is 2. The Hall–Kier alpha value is -2.05. The molecule has 132 valence electrons. The topological polar surface area (TPSA) is 61.4 Å². The average Bonchev–Trinajstić information content (AvgIpc) is 2.62. The number of nitrogens with one attached hydrogen (secondary N) is 1. The van der Waals surface area contributed by atoms with Gasteiger partial charge < -0.3 is 15.1 Å². The van der Waals surface area contributed by atoms with E-state index in [1.165, 1.54) is 0 Å². The molecule has 8 heteroatoms. The molecule has 0 saturated carbocycles. The van der Waals surface area contributed by atoms with Gasteiger partial charge in [0.15, 0.2) is 0 Å². The van der Waals surface area contributed by atoms with Crippen LogP contribution in [0.15, 0.2) is 36.7 Å². The van der Waals surface area contributed by atoms with Gasteiger partial charge in [0, 0.05) is 67.3 Å². The fraction of sp³-hybridized carbons (Fsp3) is 0.353. The van der Waals surface area contributed by atoms with E-state index in [9.17, 15) is 4.79 Å². The van der Waals surface area contributed by atoms with Crippen molar-refractivity contribution < 1.29 is 4.79 Å². The van der Waals surface area contributed by atoms with E-state index in [1.807, 2.05) is 4.90 Å². The Balaban J connectivity index is 1.43. The fourth-order valence-corrected chi connectivity index (χ4v) is 3.26. The van der Waals surface area contributed by atoms with Crippen molar-refractivity contribution >= 4 is 40.7 Å². The highest BCUT2D eigenvalue weighted by molar-refractivity contribution is 6.35. The highest BCUT2D eigenvalue weighted by atomic mass is 35.5. The van der Waals surface area contributed by atoms with Gasteiger partial charge in [-0.25, -0.2) is 9.97 Å². The van der Waals surface area contributed by atoms with Crippen LogP contribution in [0.5, 0.6) is 0 Å². The normalized spacial score (nSPS) is 14.5. The Labute approximate surface area is 156 Å². The van der Waals surface area contributed by atoms with Crippen LogP contribution in [-0.2, 0) is 4.79 Å². The third kappa shape index (κ3) is 4.96. The smallest absolute Gasteiger partial charge is 0.225 e. The van der Waals surface area contributed by atoms with Gasteiger partial charge in [-0.2, -0.15) is 0 Å². The summed E-state index contributed by atoms with van der Waals surface area (Å²) in [6.45, 7) is 3.39. The number of halogens is 2. The molecular formula is C17H19Cl2N5O. The maximum absolute atomic E-state index is 12.3. The van der Waals surface area contributed by atoms with Crippen molar-refractivity contribution in [2.45, 2.75) is 6.42 Å². The Bertz CT molecular complexity index is 700. The van der Waals surface area contributed by atoms with Gasteiger partial charge in [0.25, 0.3) is 0 Å². The molecule has 25 heavy (non-hydrogen) atoms. The molecule has 0 spiro atoms. The molecule has 1 N–H and O–H groups in total. The van der Waals surface area contributed by atoms with Crippen LogP contribution in [0, 0.1) is 0 Å². The Kier molecular flexibility index (Phi) is 5.94. The van der Waals surface area contributed by atoms with Crippen molar-refractivity contribution in [3.05, 3.63) is 46.7 Å². The molecule has 1 fully saturated rings. The van der Waals surface area contributed by atoms with E-state index in [0.717, 1.165) is 18.8 Å². The summed E-state index contributed by atoms with van der Waals surface area (Å²) in [7, 11) is 0. The molecule has 0 bridgehead atoms. The van der Waals surface area contributed by atoms with E-state index < -0.39 is 0 Å². The lowest BCUT2D eigenvalue weighted by Crippen LogP contribution is -2.49. The summed E-state index contributed by atoms with van der Waals surface area (Å²) < 4.78 is 0. The van der Waals surface area contributed by atoms with Gasteiger partial charge in [-0.15, -0.1) is 0 Å². The number of nitrogens with zero attached hydrogens (tertiary/aromatic N) is 4. The monoisotopic (exact) mass is 379 g/mol. The first kappa shape index (κ1) is 17.8. The van der Waals surface area contributed by atoms with Gasteiger partial charge >= 0.3 is 0 Å². The number of rotatable bonds is 5. The Morgan fingerprint density at radius 2 is 1.68 bits per heavy atom. The molecule has 1 aromatic heterocycles. The number of amides is 1. The van der Waals surface area contributed by atoms with Crippen LogP contribution in [0.3, 0.4) is 0 Å². The van der Waals surface area contributed by atoms with E-state index in [0.29, 0.717) is 42.0 Å². The van der Waals surface area contributed by atoms with Gasteiger partial charge in [0.1, 0.15) is 0 Å². The van der Waals surface area contributed by atoms with Crippen LogP contribution < -0.4 is 10.2 Å². The van der Waals surface area contributed by atoms with Gasteiger partial charge in [0.2, 0.25) is 11.9 Å². The summed E-state index contributed by atoms with van der Waals surface area (Å²) in [6, 6.07) is 7.05. The summed E-state index contributed by atoms with van der Waals surface area (Å²) >= 11 is 11.9. The quantitative estimate of drug-likeness (QED) is 0.864. The lowest BCUT2D eigenvalue weighted by Gasteiger charge is -2.34. The summed E-state index contributed by atoms with van der Waals surface area (Å²) in [5, 5.41) is 4.32. The van der Waals surface area contributed by atoms with E-state index in [1.54, 1.807) is 36.7 Å². The highest BCUT2D eigenvalue weighted by Gasteiger charge is 2.21. The molecule has 1 aliphatic heterocycles. The largest absolute Gasteiger partial charge is 0.384 e. The van der Waals surface area contributed by atoms with Crippen LogP contribution >= 0.6 is 23.2 Å². The molecule has 1 aliphatic rings. The number of hydrogen-bond acceptors (Lipinski definition) is 5. The third-order valence-electron chi connectivity index (χ3n) is 4.00. The highest BCUT2D eigenvalue weighted by Crippen LogP contribution is 2.22. The second-order valence-corrected chi connectivity index (χ2v) is 6.62. The molecule has 3 rings (SSSR count). The first-order valence-electron chi connectivity index (χ1n) is 8.11. The van der Waals surface area contributed by atoms with Crippen LogP contribution in [0.25, 0.3) is 0 Å². The number of carbonyl (C=O) groups excluding carboxylic acids is 1.